The fraction of sp³-hybridized carbons (Fsp3) is 0.421. The van der Waals surface area contributed by atoms with E-state index in [4.69, 9.17) is 14.3 Å². The van der Waals surface area contributed by atoms with Crippen LogP contribution in [-0.4, -0.2) is 52.2 Å². The van der Waals surface area contributed by atoms with E-state index in [2.05, 4.69) is 5.32 Å². The Labute approximate surface area is 151 Å². The number of ether oxygens (including phenoxy) is 1. The van der Waals surface area contributed by atoms with E-state index in [1.54, 1.807) is 0 Å². The first-order chi connectivity index (χ1) is 12.5. The van der Waals surface area contributed by atoms with Crippen molar-refractivity contribution in [1.29, 1.82) is 0 Å². The molecule has 7 heteroatoms. The topological polar surface area (TPSA) is 112 Å². The number of amides is 1. The van der Waals surface area contributed by atoms with Crippen LogP contribution in [0.1, 0.15) is 34.7 Å². The van der Waals surface area contributed by atoms with Gasteiger partial charge >= 0.3 is 0 Å². The van der Waals surface area contributed by atoms with Crippen molar-refractivity contribution in [1.82, 2.24) is 5.32 Å². The Morgan fingerprint density at radius 2 is 1.96 bits per heavy atom. The number of aliphatic hydroxyl groups is 3. The van der Waals surface area contributed by atoms with Crippen LogP contribution in [0.5, 0.6) is 0 Å². The summed E-state index contributed by atoms with van der Waals surface area (Å²) in [5.74, 6) is -0.0662. The molecule has 0 spiro atoms. The Hall–Kier alpha value is -2.19. The van der Waals surface area contributed by atoms with Crippen molar-refractivity contribution >= 4 is 5.91 Å². The minimum Gasteiger partial charge on any atom is -0.466 e. The molecule has 2 heterocycles. The van der Waals surface area contributed by atoms with Crippen LogP contribution in [-0.2, 0) is 11.2 Å². The second kappa shape index (κ2) is 8.01. The second-order valence-corrected chi connectivity index (χ2v) is 6.56. The van der Waals surface area contributed by atoms with Crippen LogP contribution in [0.3, 0.4) is 0 Å². The minimum atomic E-state index is -1.23. The summed E-state index contributed by atoms with van der Waals surface area (Å²) in [6, 6.07) is 11.3. The molecule has 5 atom stereocenters. The molecule has 1 saturated heterocycles. The smallest absolute Gasteiger partial charge is 0.254 e. The van der Waals surface area contributed by atoms with E-state index in [0.717, 1.165) is 5.56 Å². The summed E-state index contributed by atoms with van der Waals surface area (Å²) in [6.07, 6.45) is -2.26. The summed E-state index contributed by atoms with van der Waals surface area (Å²) in [5, 5.41) is 31.9. The van der Waals surface area contributed by atoms with Crippen molar-refractivity contribution in [2.75, 3.05) is 6.61 Å². The highest BCUT2D eigenvalue weighted by Gasteiger charge is 2.44. The number of furan rings is 1. The van der Waals surface area contributed by atoms with E-state index in [1.807, 2.05) is 37.3 Å². The number of hydrogen-bond acceptors (Lipinski definition) is 6. The zero-order chi connectivity index (χ0) is 18.7. The summed E-state index contributed by atoms with van der Waals surface area (Å²) < 4.78 is 10.7. The van der Waals surface area contributed by atoms with E-state index in [9.17, 15) is 15.0 Å². The third kappa shape index (κ3) is 3.96. The maximum absolute atomic E-state index is 12.4. The van der Waals surface area contributed by atoms with Crippen molar-refractivity contribution in [3.05, 3.63) is 59.5 Å². The number of rotatable bonds is 6. The zero-order valence-electron chi connectivity index (χ0n) is 14.4. The first-order valence-corrected chi connectivity index (χ1v) is 8.55. The molecule has 0 aliphatic carbocycles. The molecule has 2 aromatic rings. The van der Waals surface area contributed by atoms with Gasteiger partial charge in [-0.2, -0.15) is 0 Å². The predicted molar refractivity (Wildman–Crippen MR) is 92.5 cm³/mol. The van der Waals surface area contributed by atoms with Crippen LogP contribution in [0, 0.1) is 0 Å². The summed E-state index contributed by atoms with van der Waals surface area (Å²) in [6.45, 7) is 1.50. The van der Waals surface area contributed by atoms with Crippen molar-refractivity contribution in [3.8, 4) is 0 Å². The van der Waals surface area contributed by atoms with Gasteiger partial charge in [0.15, 0.2) is 0 Å². The number of hydrogen-bond donors (Lipinski definition) is 4. The van der Waals surface area contributed by atoms with Crippen LogP contribution in [0.25, 0.3) is 0 Å². The average molecular weight is 361 g/mol. The second-order valence-electron chi connectivity index (χ2n) is 6.56. The summed E-state index contributed by atoms with van der Waals surface area (Å²) in [4.78, 5) is 12.4. The summed E-state index contributed by atoms with van der Waals surface area (Å²) in [5.41, 5.74) is 1.43. The highest BCUT2D eigenvalue weighted by atomic mass is 16.6. The fourth-order valence-electron chi connectivity index (χ4n) is 3.08. The molecule has 1 aliphatic heterocycles. The lowest BCUT2D eigenvalue weighted by Gasteiger charge is -2.13. The van der Waals surface area contributed by atoms with Crippen molar-refractivity contribution in [3.63, 3.8) is 0 Å². The van der Waals surface area contributed by atoms with Gasteiger partial charge in [-0.05, 0) is 25.0 Å². The zero-order valence-corrected chi connectivity index (χ0v) is 14.4. The van der Waals surface area contributed by atoms with E-state index in [-0.39, 0.29) is 17.7 Å². The largest absolute Gasteiger partial charge is 0.466 e. The lowest BCUT2D eigenvalue weighted by atomic mass is 10.1. The van der Waals surface area contributed by atoms with Gasteiger partial charge < -0.3 is 29.8 Å². The highest BCUT2D eigenvalue weighted by Crippen LogP contribution is 2.34. The average Bonchev–Trinajstić information content (AvgIpc) is 3.22. The SMILES string of the molecule is C[C@H](Cc1ccccc1)NC(=O)c1coc([C@@H]2O[C@H](CO)[C@@H](O)[C@H]2O)c1. The molecule has 140 valence electrons. The maximum Gasteiger partial charge on any atom is 0.254 e. The molecule has 0 radical (unpaired) electrons. The Morgan fingerprint density at radius 1 is 1.23 bits per heavy atom. The molecule has 0 saturated carbocycles. The summed E-state index contributed by atoms with van der Waals surface area (Å²) >= 11 is 0. The number of carbonyl (C=O) groups excluding carboxylic acids is 1. The van der Waals surface area contributed by atoms with Crippen LogP contribution >= 0.6 is 0 Å². The van der Waals surface area contributed by atoms with Crippen molar-refractivity contribution in [2.45, 2.75) is 43.8 Å². The molecule has 0 unspecified atom stereocenters. The Morgan fingerprint density at radius 3 is 2.62 bits per heavy atom. The first-order valence-electron chi connectivity index (χ1n) is 8.55. The molecule has 1 amide bonds. The van der Waals surface area contributed by atoms with Gasteiger partial charge in [-0.15, -0.1) is 0 Å². The number of aliphatic hydroxyl groups excluding tert-OH is 3. The standard InChI is InChI=1S/C19H23NO6/c1-11(7-12-5-3-2-4-6-12)20-19(24)13-8-14(25-10-13)18-17(23)16(22)15(9-21)26-18/h2-6,8,10-11,15-18,21-23H,7,9H2,1H3,(H,20,24)/t11-,15-,16-,17-,18+/m1/s1. The van der Waals surface area contributed by atoms with Gasteiger partial charge in [-0.1, -0.05) is 30.3 Å². The molecular weight excluding hydrogens is 338 g/mol. The van der Waals surface area contributed by atoms with Crippen LogP contribution in [0.4, 0.5) is 0 Å². The summed E-state index contributed by atoms with van der Waals surface area (Å²) in [7, 11) is 0. The van der Waals surface area contributed by atoms with Crippen molar-refractivity contribution in [2.24, 2.45) is 0 Å². The molecule has 0 bridgehead atoms. The molecule has 7 nitrogen and oxygen atoms in total. The number of carbonyl (C=O) groups is 1. The maximum atomic E-state index is 12.4. The van der Waals surface area contributed by atoms with Gasteiger partial charge in [-0.25, -0.2) is 0 Å². The quantitative estimate of drug-likeness (QED) is 0.605. The van der Waals surface area contributed by atoms with Gasteiger partial charge in [0.25, 0.3) is 5.91 Å². The minimum absolute atomic E-state index is 0.0721. The Balaban J connectivity index is 1.61. The third-order valence-corrected chi connectivity index (χ3v) is 4.47. The van der Waals surface area contributed by atoms with Crippen LogP contribution in [0.2, 0.25) is 0 Å². The molecule has 26 heavy (non-hydrogen) atoms. The van der Waals surface area contributed by atoms with E-state index < -0.39 is 31.0 Å². The normalized spacial score (nSPS) is 26.6. The lowest BCUT2D eigenvalue weighted by Crippen LogP contribution is -2.33. The van der Waals surface area contributed by atoms with E-state index in [0.29, 0.717) is 12.0 Å². The van der Waals surface area contributed by atoms with Gasteiger partial charge in [0.2, 0.25) is 0 Å². The molecule has 1 aromatic heterocycles. The molecule has 1 aromatic carbocycles. The van der Waals surface area contributed by atoms with Gasteiger partial charge in [0.05, 0.1) is 12.2 Å². The highest BCUT2D eigenvalue weighted by molar-refractivity contribution is 5.94. The lowest BCUT2D eigenvalue weighted by molar-refractivity contribution is -0.0290. The van der Waals surface area contributed by atoms with Gasteiger partial charge in [0.1, 0.15) is 36.4 Å². The van der Waals surface area contributed by atoms with Crippen LogP contribution in [0.15, 0.2) is 47.1 Å². The van der Waals surface area contributed by atoms with E-state index in [1.165, 1.54) is 12.3 Å². The third-order valence-electron chi connectivity index (χ3n) is 4.47. The molecular formula is C19H23NO6. The van der Waals surface area contributed by atoms with Gasteiger partial charge in [-0.3, -0.25) is 4.79 Å². The van der Waals surface area contributed by atoms with Crippen molar-refractivity contribution < 1.29 is 29.3 Å². The monoisotopic (exact) mass is 361 g/mol. The number of benzene rings is 1. The molecule has 3 rings (SSSR count). The Kier molecular flexibility index (Phi) is 5.73. The predicted octanol–water partition coefficient (Wildman–Crippen LogP) is 0.795. The van der Waals surface area contributed by atoms with Gasteiger partial charge in [0, 0.05) is 6.04 Å². The van der Waals surface area contributed by atoms with Crippen LogP contribution < -0.4 is 5.32 Å². The first kappa shape index (κ1) is 18.6. The molecule has 1 fully saturated rings. The molecule has 1 aliphatic rings. The molecule has 4 N–H and O–H groups in total. The Bertz CT molecular complexity index is 731. The number of nitrogens with one attached hydrogen (secondary N) is 1. The fourth-order valence-corrected chi connectivity index (χ4v) is 3.08. The van der Waals surface area contributed by atoms with E-state index >= 15 is 0 Å².